The van der Waals surface area contributed by atoms with Crippen molar-refractivity contribution in [1.29, 1.82) is 0 Å². The number of hydrogen-bond acceptors (Lipinski definition) is 8. The van der Waals surface area contributed by atoms with Crippen LogP contribution in [0.15, 0.2) is 40.2 Å². The second kappa shape index (κ2) is 14.0. The average Bonchev–Trinajstić information content (AvgIpc) is 3.57. The second-order valence-electron chi connectivity index (χ2n) is 10.5. The van der Waals surface area contributed by atoms with Gasteiger partial charge in [-0.15, -0.1) is 4.80 Å². The highest BCUT2D eigenvalue weighted by Crippen LogP contribution is 2.31. The number of halogens is 1. The maximum atomic E-state index is 14.0. The Morgan fingerprint density at radius 3 is 2.40 bits per heavy atom. The molecule has 1 amide bonds. The van der Waals surface area contributed by atoms with Gasteiger partial charge in [-0.3, -0.25) is 14.2 Å². The zero-order valence-electron chi connectivity index (χ0n) is 25.1. The molecule has 0 saturated heterocycles. The lowest BCUT2D eigenvalue weighted by Gasteiger charge is -2.27. The van der Waals surface area contributed by atoms with Crippen LogP contribution < -0.4 is 16.6 Å². The van der Waals surface area contributed by atoms with Crippen LogP contribution in [0.2, 0.25) is 0 Å². The number of rotatable bonds is 10. The molecule has 0 unspecified atom stereocenters. The molecule has 0 spiro atoms. The number of carbonyl (C=O) groups excluding carboxylic acids is 1. The molecule has 13 heteroatoms. The van der Waals surface area contributed by atoms with Crippen molar-refractivity contribution >= 4 is 27.5 Å². The quantitative estimate of drug-likeness (QED) is 0.285. The van der Waals surface area contributed by atoms with Crippen molar-refractivity contribution in [1.82, 2.24) is 29.4 Å². The Morgan fingerprint density at radius 2 is 1.86 bits per heavy atom. The fourth-order valence-electron chi connectivity index (χ4n) is 4.57. The van der Waals surface area contributed by atoms with Crippen LogP contribution in [0.5, 0.6) is 0 Å². The molecule has 4 rings (SSSR count). The van der Waals surface area contributed by atoms with Crippen molar-refractivity contribution in [2.24, 2.45) is 0 Å². The van der Waals surface area contributed by atoms with Gasteiger partial charge >= 0.3 is 5.69 Å². The molecule has 0 atom stereocenters. The molecule has 42 heavy (non-hydrogen) atoms. The predicted molar refractivity (Wildman–Crippen MR) is 161 cm³/mol. The first-order valence-electron chi connectivity index (χ1n) is 13.7. The Kier molecular flexibility index (Phi) is 10.9. The number of aliphatic hydroxyl groups excluding tert-OH is 1. The van der Waals surface area contributed by atoms with E-state index in [1.54, 1.807) is 33.9 Å². The van der Waals surface area contributed by atoms with Crippen LogP contribution in [0.1, 0.15) is 51.3 Å². The third kappa shape index (κ3) is 6.85. The number of fused-ring (bicyclic) bond motifs is 1. The SMILES string of the molecule is CCc1ccc(F)cc1CCn1c(=O)n(C(C)(C)C(=O)NC(C)C)c(=O)c2c(C)c(-n3nccn3)sc21.COCCO. The van der Waals surface area contributed by atoms with E-state index in [9.17, 15) is 18.8 Å². The van der Waals surface area contributed by atoms with E-state index >= 15 is 0 Å². The van der Waals surface area contributed by atoms with Crippen LogP contribution in [0.3, 0.4) is 0 Å². The summed E-state index contributed by atoms with van der Waals surface area (Å²) in [6.07, 6.45) is 4.16. The van der Waals surface area contributed by atoms with Crippen molar-refractivity contribution in [3.05, 3.63) is 73.9 Å². The lowest BCUT2D eigenvalue weighted by Crippen LogP contribution is -2.56. The highest BCUT2D eigenvalue weighted by molar-refractivity contribution is 7.21. The number of amides is 1. The van der Waals surface area contributed by atoms with Crippen molar-refractivity contribution < 1.29 is 19.0 Å². The minimum Gasteiger partial charge on any atom is -0.394 e. The largest absolute Gasteiger partial charge is 0.394 e. The first-order valence-corrected chi connectivity index (χ1v) is 14.5. The number of nitrogens with zero attached hydrogens (tertiary/aromatic N) is 5. The Balaban J connectivity index is 0.000000892. The Labute approximate surface area is 247 Å². The summed E-state index contributed by atoms with van der Waals surface area (Å²) in [6, 6.07) is 4.49. The number of nitrogens with one attached hydrogen (secondary N) is 1. The second-order valence-corrected chi connectivity index (χ2v) is 11.5. The Bertz CT molecular complexity index is 1640. The molecule has 3 heterocycles. The monoisotopic (exact) mass is 602 g/mol. The molecule has 0 aliphatic rings. The summed E-state index contributed by atoms with van der Waals surface area (Å²) in [7, 11) is 1.55. The molecule has 4 aromatic rings. The molecular weight excluding hydrogens is 563 g/mol. The number of aryl methyl sites for hydroxylation is 4. The predicted octanol–water partition coefficient (Wildman–Crippen LogP) is 2.94. The van der Waals surface area contributed by atoms with Gasteiger partial charge in [0.25, 0.3) is 5.56 Å². The van der Waals surface area contributed by atoms with Crippen LogP contribution in [0.4, 0.5) is 4.39 Å². The van der Waals surface area contributed by atoms with E-state index in [1.807, 2.05) is 20.8 Å². The van der Waals surface area contributed by atoms with Gasteiger partial charge in [-0.1, -0.05) is 24.3 Å². The minimum atomic E-state index is -1.46. The number of aromatic nitrogens is 5. The van der Waals surface area contributed by atoms with Gasteiger partial charge in [0.15, 0.2) is 0 Å². The molecular formula is C29H39FN6O5S. The van der Waals surface area contributed by atoms with E-state index in [0.29, 0.717) is 33.8 Å². The van der Waals surface area contributed by atoms with E-state index in [1.165, 1.54) is 45.2 Å². The van der Waals surface area contributed by atoms with Gasteiger partial charge in [-0.2, -0.15) is 10.2 Å². The summed E-state index contributed by atoms with van der Waals surface area (Å²) in [6.45, 7) is 11.3. The number of thiophene rings is 1. The first-order chi connectivity index (χ1) is 19.9. The van der Waals surface area contributed by atoms with E-state index < -0.39 is 22.7 Å². The molecule has 0 aliphatic carbocycles. The van der Waals surface area contributed by atoms with E-state index in [2.05, 4.69) is 20.3 Å². The van der Waals surface area contributed by atoms with Crippen molar-refractivity contribution in [3.8, 4) is 5.00 Å². The fraction of sp³-hybridized carbons (Fsp3) is 0.483. The molecule has 11 nitrogen and oxygen atoms in total. The summed E-state index contributed by atoms with van der Waals surface area (Å²) in [5.74, 6) is -0.784. The zero-order chi connectivity index (χ0) is 31.2. The molecule has 0 bridgehead atoms. The van der Waals surface area contributed by atoms with Crippen molar-refractivity contribution in [2.75, 3.05) is 20.3 Å². The molecule has 2 N–H and O–H groups in total. The van der Waals surface area contributed by atoms with Gasteiger partial charge in [0.1, 0.15) is 21.2 Å². The molecule has 0 aliphatic heterocycles. The minimum absolute atomic E-state index is 0.122. The average molecular weight is 603 g/mol. The summed E-state index contributed by atoms with van der Waals surface area (Å²) in [5, 5.41) is 20.1. The number of hydrogen-bond donors (Lipinski definition) is 2. The van der Waals surface area contributed by atoms with E-state index in [-0.39, 0.29) is 25.0 Å². The van der Waals surface area contributed by atoms with Crippen LogP contribution in [-0.2, 0) is 34.5 Å². The van der Waals surface area contributed by atoms with Crippen LogP contribution in [0.25, 0.3) is 15.2 Å². The maximum Gasteiger partial charge on any atom is 0.333 e. The Hall–Kier alpha value is -3.68. The van der Waals surface area contributed by atoms with Gasteiger partial charge in [-0.05, 0) is 70.7 Å². The number of methoxy groups -OCH3 is 1. The molecule has 228 valence electrons. The normalized spacial score (nSPS) is 11.6. The van der Waals surface area contributed by atoms with Crippen molar-refractivity contribution in [2.45, 2.75) is 72.5 Å². The molecule has 0 fully saturated rings. The topological polar surface area (TPSA) is 133 Å². The Morgan fingerprint density at radius 1 is 1.19 bits per heavy atom. The van der Waals surface area contributed by atoms with Crippen molar-refractivity contribution in [3.63, 3.8) is 0 Å². The molecule has 0 saturated carbocycles. The van der Waals surface area contributed by atoms with Gasteiger partial charge in [0, 0.05) is 25.3 Å². The third-order valence-electron chi connectivity index (χ3n) is 6.77. The highest BCUT2D eigenvalue weighted by Gasteiger charge is 2.35. The van der Waals surface area contributed by atoms with Gasteiger partial charge in [-0.25, -0.2) is 13.8 Å². The van der Waals surface area contributed by atoms with Crippen LogP contribution >= 0.6 is 11.3 Å². The number of benzene rings is 1. The summed E-state index contributed by atoms with van der Waals surface area (Å²) in [5.41, 5.74) is -0.215. The maximum absolute atomic E-state index is 14.0. The van der Waals surface area contributed by atoms with Gasteiger partial charge in [0.05, 0.1) is 31.0 Å². The molecule has 3 aromatic heterocycles. The van der Waals surface area contributed by atoms with Crippen LogP contribution in [-0.4, -0.2) is 61.5 Å². The van der Waals surface area contributed by atoms with Gasteiger partial charge < -0.3 is 15.2 Å². The zero-order valence-corrected chi connectivity index (χ0v) is 25.9. The molecule has 1 aromatic carbocycles. The summed E-state index contributed by atoms with van der Waals surface area (Å²) in [4.78, 5) is 42.8. The number of carbonyl (C=O) groups is 1. The lowest BCUT2D eigenvalue weighted by atomic mass is 10.0. The third-order valence-corrected chi connectivity index (χ3v) is 8.05. The van der Waals surface area contributed by atoms with Gasteiger partial charge in [0.2, 0.25) is 5.91 Å². The molecule has 0 radical (unpaired) electrons. The number of aliphatic hydroxyl groups is 1. The lowest BCUT2D eigenvalue weighted by molar-refractivity contribution is -0.129. The van der Waals surface area contributed by atoms with E-state index in [0.717, 1.165) is 22.1 Å². The van der Waals surface area contributed by atoms with Crippen LogP contribution in [0, 0.1) is 12.7 Å². The fourth-order valence-corrected chi connectivity index (χ4v) is 5.81. The highest BCUT2D eigenvalue weighted by atomic mass is 32.1. The first kappa shape index (κ1) is 32.8. The smallest absolute Gasteiger partial charge is 0.333 e. The number of ether oxygens (including phenoxy) is 1. The summed E-state index contributed by atoms with van der Waals surface area (Å²) < 4.78 is 21.0. The van der Waals surface area contributed by atoms with E-state index in [4.69, 9.17) is 5.11 Å². The standard InChI is InChI=1S/C26H31FN6O3S.C3H8O2/c1-7-17-8-9-19(27)14-18(17)10-13-31-23-20(16(4)22(37-23)33-28-11-12-29-33)21(34)32(25(31)36)26(5,6)24(35)30-15(2)3;1-5-3-2-4/h8-9,11-12,14-15H,7,10,13H2,1-6H3,(H,30,35);4H,2-3H2,1H3. The summed E-state index contributed by atoms with van der Waals surface area (Å²) >= 11 is 1.24.